The molecule has 1 aliphatic heterocycles. The van der Waals surface area contributed by atoms with Gasteiger partial charge >= 0.3 is 0 Å². The summed E-state index contributed by atoms with van der Waals surface area (Å²) in [5.41, 5.74) is 7.17. The second kappa shape index (κ2) is 7.78. The van der Waals surface area contributed by atoms with Gasteiger partial charge in [-0.1, -0.05) is 36.8 Å². The first-order chi connectivity index (χ1) is 9.81. The molecule has 21 heavy (non-hydrogen) atoms. The van der Waals surface area contributed by atoms with Crippen molar-refractivity contribution in [3.8, 4) is 0 Å². The van der Waals surface area contributed by atoms with E-state index in [1.165, 1.54) is 36.2 Å². The summed E-state index contributed by atoms with van der Waals surface area (Å²) in [4.78, 5) is 8.04. The van der Waals surface area contributed by atoms with E-state index >= 15 is 0 Å². The molecule has 0 aliphatic carbocycles. The summed E-state index contributed by atoms with van der Waals surface area (Å²) in [6.07, 6.45) is 7.02. The highest BCUT2D eigenvalue weighted by atomic mass is 35.5. The minimum Gasteiger partial charge on any atom is -0.375 e. The first kappa shape index (κ1) is 16.3. The second-order valence-electron chi connectivity index (χ2n) is 5.47. The lowest BCUT2D eigenvalue weighted by atomic mass is 9.95. The van der Waals surface area contributed by atoms with Crippen molar-refractivity contribution in [3.05, 3.63) is 47.0 Å². The predicted octanol–water partition coefficient (Wildman–Crippen LogP) is 3.74. The van der Waals surface area contributed by atoms with E-state index in [1.54, 1.807) is 11.3 Å². The summed E-state index contributed by atoms with van der Waals surface area (Å²) >= 11 is 1.61. The van der Waals surface area contributed by atoms with Crippen LogP contribution < -0.4 is 5.73 Å². The van der Waals surface area contributed by atoms with Crippen LogP contribution in [-0.4, -0.2) is 22.5 Å². The molecule has 0 bridgehead atoms. The molecule has 0 spiro atoms. The maximum atomic E-state index is 5.73. The van der Waals surface area contributed by atoms with Crippen LogP contribution in [0.25, 0.3) is 0 Å². The number of benzene rings is 1. The normalized spacial score (nSPS) is 19.1. The van der Waals surface area contributed by atoms with Gasteiger partial charge in [-0.15, -0.1) is 23.7 Å². The van der Waals surface area contributed by atoms with E-state index in [9.17, 15) is 0 Å². The van der Waals surface area contributed by atoms with Crippen LogP contribution >= 0.6 is 23.7 Å². The fraction of sp³-hybridized carbons (Fsp3) is 0.438. The number of rotatable bonds is 4. The zero-order chi connectivity index (χ0) is 13.8. The highest BCUT2D eigenvalue weighted by Gasteiger charge is 2.23. The Balaban J connectivity index is 0.00000161. The van der Waals surface area contributed by atoms with Crippen molar-refractivity contribution in [2.45, 2.75) is 38.3 Å². The van der Waals surface area contributed by atoms with Crippen molar-refractivity contribution < 1.29 is 0 Å². The molecule has 2 heterocycles. The fourth-order valence-electron chi connectivity index (χ4n) is 2.98. The van der Waals surface area contributed by atoms with Gasteiger partial charge in [-0.3, -0.25) is 4.90 Å². The number of aromatic nitrogens is 1. The molecule has 3 nitrogen and oxygen atoms in total. The fourth-order valence-corrected chi connectivity index (χ4v) is 3.69. The van der Waals surface area contributed by atoms with Gasteiger partial charge in [0.25, 0.3) is 0 Å². The number of likely N-dealkylation sites (tertiary alicyclic amines) is 1. The largest absolute Gasteiger partial charge is 0.375 e. The van der Waals surface area contributed by atoms with Gasteiger partial charge in [0.15, 0.2) is 5.13 Å². The Hall–Kier alpha value is -1.10. The van der Waals surface area contributed by atoms with E-state index in [1.807, 2.05) is 6.20 Å². The Kier molecular flexibility index (Phi) is 6.03. The van der Waals surface area contributed by atoms with Crippen molar-refractivity contribution in [2.75, 3.05) is 12.3 Å². The maximum absolute atomic E-state index is 5.73. The molecule has 1 saturated heterocycles. The first-order valence-electron chi connectivity index (χ1n) is 7.29. The van der Waals surface area contributed by atoms with Crippen LogP contribution in [0.15, 0.2) is 36.5 Å². The van der Waals surface area contributed by atoms with E-state index in [0.29, 0.717) is 11.2 Å². The van der Waals surface area contributed by atoms with Crippen LogP contribution in [-0.2, 0) is 13.0 Å². The van der Waals surface area contributed by atoms with Crippen LogP contribution in [0.3, 0.4) is 0 Å². The van der Waals surface area contributed by atoms with E-state index in [4.69, 9.17) is 5.73 Å². The third kappa shape index (κ3) is 4.43. The van der Waals surface area contributed by atoms with Gasteiger partial charge in [0, 0.05) is 23.7 Å². The molecule has 3 rings (SSSR count). The monoisotopic (exact) mass is 323 g/mol. The van der Waals surface area contributed by atoms with Crippen LogP contribution in [0.4, 0.5) is 5.13 Å². The molecule has 1 aromatic heterocycles. The molecule has 1 aromatic carbocycles. The SMILES string of the molecule is Cl.Nc1ncc(CN2CCCCC2Cc2ccccc2)s1. The quantitative estimate of drug-likeness (QED) is 0.932. The third-order valence-electron chi connectivity index (χ3n) is 3.99. The Morgan fingerprint density at radius 3 is 2.76 bits per heavy atom. The Labute approximate surface area is 136 Å². The van der Waals surface area contributed by atoms with Gasteiger partial charge in [0.05, 0.1) is 0 Å². The standard InChI is InChI=1S/C16H21N3S.ClH/c17-16-18-11-15(20-16)12-19-9-5-4-8-14(19)10-13-6-2-1-3-7-13;/h1-3,6-7,11,14H,4-5,8-10,12H2,(H2,17,18);1H. The lowest BCUT2D eigenvalue weighted by Crippen LogP contribution is -2.40. The number of thiazole rings is 1. The maximum Gasteiger partial charge on any atom is 0.180 e. The number of piperidine rings is 1. The summed E-state index contributed by atoms with van der Waals surface area (Å²) in [6.45, 7) is 2.18. The average Bonchev–Trinajstić information content (AvgIpc) is 2.88. The van der Waals surface area contributed by atoms with Crippen LogP contribution in [0, 0.1) is 0 Å². The van der Waals surface area contributed by atoms with Gasteiger partial charge in [-0.2, -0.15) is 0 Å². The third-order valence-corrected chi connectivity index (χ3v) is 4.80. The molecule has 114 valence electrons. The lowest BCUT2D eigenvalue weighted by molar-refractivity contribution is 0.140. The summed E-state index contributed by atoms with van der Waals surface area (Å²) < 4.78 is 0. The number of nitrogen functional groups attached to an aromatic ring is 1. The summed E-state index contributed by atoms with van der Waals surface area (Å²) in [6, 6.07) is 11.5. The summed E-state index contributed by atoms with van der Waals surface area (Å²) in [7, 11) is 0. The zero-order valence-electron chi connectivity index (χ0n) is 12.1. The highest BCUT2D eigenvalue weighted by Crippen LogP contribution is 2.25. The van der Waals surface area contributed by atoms with Gasteiger partial charge in [0.2, 0.25) is 0 Å². The molecular formula is C16H22ClN3S. The van der Waals surface area contributed by atoms with E-state index < -0.39 is 0 Å². The number of nitrogens with two attached hydrogens (primary N) is 1. The van der Waals surface area contributed by atoms with E-state index in [-0.39, 0.29) is 12.4 Å². The molecule has 0 saturated carbocycles. The smallest absolute Gasteiger partial charge is 0.180 e. The molecule has 1 atom stereocenters. The predicted molar refractivity (Wildman–Crippen MR) is 92.0 cm³/mol. The first-order valence-corrected chi connectivity index (χ1v) is 8.11. The van der Waals surface area contributed by atoms with Crippen LogP contribution in [0.1, 0.15) is 29.7 Å². The number of hydrogen-bond acceptors (Lipinski definition) is 4. The van der Waals surface area contributed by atoms with Crippen molar-refractivity contribution in [1.82, 2.24) is 9.88 Å². The van der Waals surface area contributed by atoms with Gasteiger partial charge in [0.1, 0.15) is 0 Å². The van der Waals surface area contributed by atoms with Gasteiger partial charge in [-0.25, -0.2) is 4.98 Å². The molecule has 2 N–H and O–H groups in total. The summed E-state index contributed by atoms with van der Waals surface area (Å²) in [5.74, 6) is 0. The van der Waals surface area contributed by atoms with Crippen molar-refractivity contribution >= 4 is 28.9 Å². The molecule has 1 fully saturated rings. The zero-order valence-corrected chi connectivity index (χ0v) is 13.7. The second-order valence-corrected chi connectivity index (χ2v) is 6.62. The molecule has 1 aliphatic rings. The molecule has 0 radical (unpaired) electrons. The molecule has 5 heteroatoms. The van der Waals surface area contributed by atoms with Gasteiger partial charge in [-0.05, 0) is 31.4 Å². The minimum absolute atomic E-state index is 0. The van der Waals surface area contributed by atoms with Crippen LogP contribution in [0.5, 0.6) is 0 Å². The Morgan fingerprint density at radius 2 is 2.05 bits per heavy atom. The molecule has 2 aromatic rings. The van der Waals surface area contributed by atoms with Crippen molar-refractivity contribution in [3.63, 3.8) is 0 Å². The average molecular weight is 324 g/mol. The van der Waals surface area contributed by atoms with Gasteiger partial charge < -0.3 is 5.73 Å². The number of hydrogen-bond donors (Lipinski definition) is 1. The van der Waals surface area contributed by atoms with Crippen molar-refractivity contribution in [1.29, 1.82) is 0 Å². The van der Waals surface area contributed by atoms with E-state index in [2.05, 4.69) is 40.2 Å². The number of anilines is 1. The topological polar surface area (TPSA) is 42.1 Å². The minimum atomic E-state index is 0. The molecule has 0 amide bonds. The molecule has 1 unspecified atom stereocenters. The highest BCUT2D eigenvalue weighted by molar-refractivity contribution is 7.15. The van der Waals surface area contributed by atoms with Crippen molar-refractivity contribution in [2.24, 2.45) is 0 Å². The Morgan fingerprint density at radius 1 is 1.24 bits per heavy atom. The molecular weight excluding hydrogens is 302 g/mol. The number of nitrogens with zero attached hydrogens (tertiary/aromatic N) is 2. The number of halogens is 1. The van der Waals surface area contributed by atoms with Crippen LogP contribution in [0.2, 0.25) is 0 Å². The summed E-state index contributed by atoms with van der Waals surface area (Å²) in [5, 5.41) is 0.677. The Bertz CT molecular complexity index is 543. The van der Waals surface area contributed by atoms with E-state index in [0.717, 1.165) is 13.0 Å². The lowest BCUT2D eigenvalue weighted by Gasteiger charge is -2.35.